The quantitative estimate of drug-likeness (QED) is 0.771. The smallest absolute Gasteiger partial charge is 0.101 e. The van der Waals surface area contributed by atoms with Gasteiger partial charge < -0.3 is 15.3 Å². The molecule has 1 aromatic carbocycles. The molecular formula is C17H25N3O. The first-order valence-corrected chi connectivity index (χ1v) is 7.79. The first kappa shape index (κ1) is 15.8. The fourth-order valence-electron chi connectivity index (χ4n) is 2.48. The third kappa shape index (κ3) is 4.45. The van der Waals surface area contributed by atoms with Crippen LogP contribution in [-0.4, -0.2) is 30.3 Å². The molecule has 0 atom stereocenters. The van der Waals surface area contributed by atoms with Crippen molar-refractivity contribution in [3.63, 3.8) is 0 Å². The van der Waals surface area contributed by atoms with Gasteiger partial charge in [-0.3, -0.25) is 0 Å². The molecular weight excluding hydrogens is 262 g/mol. The van der Waals surface area contributed by atoms with Gasteiger partial charge in [0.15, 0.2) is 0 Å². The molecule has 4 nitrogen and oxygen atoms in total. The molecule has 1 saturated carbocycles. The highest BCUT2D eigenvalue weighted by Gasteiger charge is 2.20. The van der Waals surface area contributed by atoms with Crippen molar-refractivity contribution in [2.24, 2.45) is 0 Å². The van der Waals surface area contributed by atoms with E-state index in [2.05, 4.69) is 36.2 Å². The molecule has 1 fully saturated rings. The van der Waals surface area contributed by atoms with Crippen molar-refractivity contribution in [1.82, 2.24) is 5.32 Å². The second-order valence-electron chi connectivity index (χ2n) is 5.98. The van der Waals surface area contributed by atoms with Gasteiger partial charge in [0.1, 0.15) is 6.07 Å². The molecule has 2 rings (SSSR count). The molecule has 4 heteroatoms. The van der Waals surface area contributed by atoms with Crippen molar-refractivity contribution >= 4 is 5.69 Å². The standard InChI is InChI=1S/C17H25N3O/c1-13(2)20(8-3-9-21)17-7-4-14(10-15(17)11-18)12-19-16-5-6-16/h4,7,10,13,16,19,21H,3,5-6,8-9,12H2,1-2H3. The van der Waals surface area contributed by atoms with Crippen LogP contribution in [0.1, 0.15) is 44.2 Å². The summed E-state index contributed by atoms with van der Waals surface area (Å²) in [6.45, 7) is 6.00. The minimum absolute atomic E-state index is 0.175. The molecule has 1 aromatic rings. The van der Waals surface area contributed by atoms with Crippen LogP contribution in [-0.2, 0) is 6.54 Å². The largest absolute Gasteiger partial charge is 0.396 e. The Morgan fingerprint density at radius 3 is 2.76 bits per heavy atom. The number of aliphatic hydroxyl groups excluding tert-OH is 1. The van der Waals surface area contributed by atoms with Gasteiger partial charge in [0, 0.05) is 31.8 Å². The van der Waals surface area contributed by atoms with E-state index in [9.17, 15) is 5.26 Å². The van der Waals surface area contributed by atoms with Crippen molar-refractivity contribution < 1.29 is 5.11 Å². The summed E-state index contributed by atoms with van der Waals surface area (Å²) in [7, 11) is 0. The molecule has 2 N–H and O–H groups in total. The minimum atomic E-state index is 0.175. The topological polar surface area (TPSA) is 59.3 Å². The molecule has 0 unspecified atom stereocenters. The van der Waals surface area contributed by atoms with E-state index in [1.54, 1.807) is 0 Å². The van der Waals surface area contributed by atoms with Crippen molar-refractivity contribution in [2.75, 3.05) is 18.1 Å². The Kier molecular flexibility index (Phi) is 5.60. The summed E-state index contributed by atoms with van der Waals surface area (Å²) < 4.78 is 0. The fourth-order valence-corrected chi connectivity index (χ4v) is 2.48. The summed E-state index contributed by atoms with van der Waals surface area (Å²) in [5.74, 6) is 0. The zero-order valence-corrected chi connectivity index (χ0v) is 13.0. The van der Waals surface area contributed by atoms with Gasteiger partial charge in [-0.05, 0) is 50.8 Å². The first-order chi connectivity index (χ1) is 10.2. The fraction of sp³-hybridized carbons (Fsp3) is 0.588. The summed E-state index contributed by atoms with van der Waals surface area (Å²) in [6.07, 6.45) is 3.25. The molecule has 114 valence electrons. The van der Waals surface area contributed by atoms with E-state index < -0.39 is 0 Å². The zero-order valence-electron chi connectivity index (χ0n) is 13.0. The molecule has 0 aromatic heterocycles. The van der Waals surface area contributed by atoms with Gasteiger partial charge in [0.25, 0.3) is 0 Å². The Balaban J connectivity index is 2.14. The third-order valence-electron chi connectivity index (χ3n) is 3.84. The van der Waals surface area contributed by atoms with Crippen LogP contribution >= 0.6 is 0 Å². The highest BCUT2D eigenvalue weighted by atomic mass is 16.3. The average molecular weight is 287 g/mol. The van der Waals surface area contributed by atoms with Gasteiger partial charge in [-0.2, -0.15) is 5.26 Å². The molecule has 0 bridgehead atoms. The number of benzene rings is 1. The predicted octanol–water partition coefficient (Wildman–Crippen LogP) is 2.41. The number of hydrogen-bond donors (Lipinski definition) is 2. The molecule has 0 aliphatic heterocycles. The lowest BCUT2D eigenvalue weighted by Crippen LogP contribution is -2.32. The van der Waals surface area contributed by atoms with E-state index in [1.807, 2.05) is 12.1 Å². The second kappa shape index (κ2) is 7.44. The SMILES string of the molecule is CC(C)N(CCCO)c1ccc(CNC2CC2)cc1C#N. The summed E-state index contributed by atoms with van der Waals surface area (Å²) in [4.78, 5) is 2.19. The zero-order chi connectivity index (χ0) is 15.2. The molecule has 1 aliphatic carbocycles. The van der Waals surface area contributed by atoms with Crippen LogP contribution in [0.5, 0.6) is 0 Å². The second-order valence-corrected chi connectivity index (χ2v) is 5.98. The summed E-state index contributed by atoms with van der Waals surface area (Å²) in [5, 5.41) is 22.0. The lowest BCUT2D eigenvalue weighted by Gasteiger charge is -2.30. The minimum Gasteiger partial charge on any atom is -0.396 e. The van der Waals surface area contributed by atoms with Crippen molar-refractivity contribution in [3.8, 4) is 6.07 Å². The van der Waals surface area contributed by atoms with Gasteiger partial charge in [0.2, 0.25) is 0 Å². The molecule has 0 heterocycles. The van der Waals surface area contributed by atoms with Crippen LogP contribution in [0, 0.1) is 11.3 Å². The van der Waals surface area contributed by atoms with Gasteiger partial charge in [-0.1, -0.05) is 6.07 Å². The van der Waals surface area contributed by atoms with E-state index in [0.717, 1.165) is 29.9 Å². The number of nitrogens with one attached hydrogen (secondary N) is 1. The van der Waals surface area contributed by atoms with E-state index in [0.29, 0.717) is 18.5 Å². The van der Waals surface area contributed by atoms with E-state index in [-0.39, 0.29) is 6.61 Å². The van der Waals surface area contributed by atoms with Crippen molar-refractivity contribution in [3.05, 3.63) is 29.3 Å². The van der Waals surface area contributed by atoms with Crippen LogP contribution < -0.4 is 10.2 Å². The Bertz CT molecular complexity index is 503. The van der Waals surface area contributed by atoms with E-state index in [1.165, 1.54) is 12.8 Å². The van der Waals surface area contributed by atoms with Crippen LogP contribution in [0.2, 0.25) is 0 Å². The molecule has 0 radical (unpaired) electrons. The van der Waals surface area contributed by atoms with Crippen LogP contribution in [0.25, 0.3) is 0 Å². The van der Waals surface area contributed by atoms with E-state index >= 15 is 0 Å². The monoisotopic (exact) mass is 287 g/mol. The summed E-state index contributed by atoms with van der Waals surface area (Å²) >= 11 is 0. The summed E-state index contributed by atoms with van der Waals surface area (Å²) in [6, 6.07) is 9.42. The molecule has 21 heavy (non-hydrogen) atoms. The first-order valence-electron chi connectivity index (χ1n) is 7.79. The van der Waals surface area contributed by atoms with Crippen LogP contribution in [0.3, 0.4) is 0 Å². The predicted molar refractivity (Wildman–Crippen MR) is 85.2 cm³/mol. The Labute approximate surface area is 127 Å². The summed E-state index contributed by atoms with van der Waals surface area (Å²) in [5.41, 5.74) is 2.85. The lowest BCUT2D eigenvalue weighted by molar-refractivity contribution is 0.288. The van der Waals surface area contributed by atoms with Crippen LogP contribution in [0.4, 0.5) is 5.69 Å². The normalized spacial score (nSPS) is 14.2. The van der Waals surface area contributed by atoms with Gasteiger partial charge >= 0.3 is 0 Å². The number of nitriles is 1. The van der Waals surface area contributed by atoms with Crippen molar-refractivity contribution in [2.45, 2.75) is 51.7 Å². The molecule has 0 spiro atoms. The Morgan fingerprint density at radius 2 is 2.19 bits per heavy atom. The van der Waals surface area contributed by atoms with E-state index in [4.69, 9.17) is 5.11 Å². The number of rotatable bonds is 8. The van der Waals surface area contributed by atoms with Gasteiger partial charge in [-0.25, -0.2) is 0 Å². The number of aliphatic hydroxyl groups is 1. The van der Waals surface area contributed by atoms with Crippen molar-refractivity contribution in [1.29, 1.82) is 5.26 Å². The van der Waals surface area contributed by atoms with Gasteiger partial charge in [-0.15, -0.1) is 0 Å². The highest BCUT2D eigenvalue weighted by Crippen LogP contribution is 2.25. The number of hydrogen-bond acceptors (Lipinski definition) is 4. The maximum atomic E-state index is 9.44. The Hall–Kier alpha value is -1.57. The van der Waals surface area contributed by atoms with Gasteiger partial charge in [0.05, 0.1) is 11.3 Å². The third-order valence-corrected chi connectivity index (χ3v) is 3.84. The van der Waals surface area contributed by atoms with Crippen LogP contribution in [0.15, 0.2) is 18.2 Å². The maximum absolute atomic E-state index is 9.44. The maximum Gasteiger partial charge on any atom is 0.101 e. The average Bonchev–Trinajstić information content (AvgIpc) is 3.30. The molecule has 1 aliphatic rings. The Morgan fingerprint density at radius 1 is 1.43 bits per heavy atom. The number of anilines is 1. The number of nitrogens with zero attached hydrogens (tertiary/aromatic N) is 2. The molecule has 0 saturated heterocycles. The molecule has 0 amide bonds. The highest BCUT2D eigenvalue weighted by molar-refractivity contribution is 5.61. The lowest BCUT2D eigenvalue weighted by atomic mass is 10.1.